The van der Waals surface area contributed by atoms with Gasteiger partial charge in [0.2, 0.25) is 0 Å². The van der Waals surface area contributed by atoms with Crippen LogP contribution in [0, 0.1) is 12.8 Å². The minimum absolute atomic E-state index is 0.109. The summed E-state index contributed by atoms with van der Waals surface area (Å²) >= 11 is 0. The second kappa shape index (κ2) is 11.5. The third-order valence-corrected chi connectivity index (χ3v) is 8.68. The van der Waals surface area contributed by atoms with Crippen LogP contribution in [-0.4, -0.2) is 46.3 Å². The quantitative estimate of drug-likeness (QED) is 0.330. The first-order chi connectivity index (χ1) is 17.6. The van der Waals surface area contributed by atoms with Gasteiger partial charge in [-0.1, -0.05) is 36.8 Å². The lowest BCUT2D eigenvalue weighted by atomic mass is 9.84. The number of hydrogen-bond acceptors (Lipinski definition) is 3. The van der Waals surface area contributed by atoms with Gasteiger partial charge < -0.3 is 4.57 Å². The summed E-state index contributed by atoms with van der Waals surface area (Å²) < 4.78 is 16.1. The highest BCUT2D eigenvalue weighted by molar-refractivity contribution is 6.10. The van der Waals surface area contributed by atoms with E-state index < -0.39 is 6.17 Å². The van der Waals surface area contributed by atoms with Crippen LogP contribution in [0.15, 0.2) is 47.1 Å². The van der Waals surface area contributed by atoms with Gasteiger partial charge in [0.05, 0.1) is 0 Å². The van der Waals surface area contributed by atoms with Gasteiger partial charge in [0.1, 0.15) is 6.17 Å². The highest BCUT2D eigenvalue weighted by atomic mass is 19.1. The van der Waals surface area contributed by atoms with Crippen LogP contribution in [0.3, 0.4) is 0 Å². The van der Waals surface area contributed by atoms with Gasteiger partial charge in [-0.15, -0.1) is 0 Å². The highest BCUT2D eigenvalue weighted by Gasteiger charge is 2.33. The molecule has 5 heteroatoms. The van der Waals surface area contributed by atoms with Crippen molar-refractivity contribution >= 4 is 22.5 Å². The van der Waals surface area contributed by atoms with Gasteiger partial charge in [0.15, 0.2) is 11.6 Å². The van der Waals surface area contributed by atoms with E-state index >= 15 is 0 Å². The summed E-state index contributed by atoms with van der Waals surface area (Å²) in [7, 11) is 0. The van der Waals surface area contributed by atoms with Crippen molar-refractivity contribution in [1.29, 1.82) is 0 Å². The number of piperidine rings is 1. The molecule has 1 aliphatic heterocycles. The van der Waals surface area contributed by atoms with Gasteiger partial charge in [-0.3, -0.25) is 14.5 Å². The Hall–Kier alpha value is -2.53. The number of halogens is 1. The number of hydrogen-bond donors (Lipinski definition) is 0. The number of likely N-dealkylation sites (tertiary alicyclic amines) is 1. The monoisotopic (exact) mass is 506 g/mol. The van der Waals surface area contributed by atoms with Crippen molar-refractivity contribution in [1.82, 2.24) is 9.47 Å². The average Bonchev–Trinajstić information content (AvgIpc) is 3.14. The fourth-order valence-corrected chi connectivity index (χ4v) is 6.82. The summed E-state index contributed by atoms with van der Waals surface area (Å²) in [5.74, 6) is 0.727. The topological polar surface area (TPSA) is 42.3 Å². The molecule has 0 amide bonds. The molecule has 4 nitrogen and oxygen atoms in total. The van der Waals surface area contributed by atoms with E-state index in [4.69, 9.17) is 0 Å². The Labute approximate surface area is 221 Å². The van der Waals surface area contributed by atoms with E-state index in [0.717, 1.165) is 64.7 Å². The third-order valence-electron chi connectivity index (χ3n) is 8.68. The molecular formula is C32H43FN2O2. The molecule has 2 aliphatic rings. The molecule has 4 rings (SSSR count). The van der Waals surface area contributed by atoms with Crippen molar-refractivity contribution in [2.45, 2.75) is 98.3 Å². The number of alkyl halides is 1. The first-order valence-electron chi connectivity index (χ1n) is 14.0. The number of benzene rings is 1. The number of Topliss-reactive ketones (excluding diaryl/α,β-unsaturated/α-hetero) is 2. The standard InChI is InChI=1S/C32H43FN2O2/c1-7-26-18-25(14-15-34(26)19-22(4)33)23(5)35-24(6)32(28-10-8-9-11-29(28)35)30(36)13-12-27-21(3)16-20(2)17-31(27)37/h8-11,16,22-23,25-26H,7,12-15,17-19H2,1-6H3. The summed E-state index contributed by atoms with van der Waals surface area (Å²) in [5.41, 5.74) is 5.79. The predicted molar refractivity (Wildman–Crippen MR) is 150 cm³/mol. The summed E-state index contributed by atoms with van der Waals surface area (Å²) in [6.07, 6.45) is 5.65. The van der Waals surface area contributed by atoms with Crippen molar-refractivity contribution in [2.75, 3.05) is 13.1 Å². The van der Waals surface area contributed by atoms with Gasteiger partial charge in [-0.25, -0.2) is 4.39 Å². The molecule has 0 N–H and O–H groups in total. The van der Waals surface area contributed by atoms with Gasteiger partial charge in [-0.05, 0) is 90.0 Å². The Morgan fingerprint density at radius 2 is 1.89 bits per heavy atom. The van der Waals surface area contributed by atoms with Crippen molar-refractivity contribution in [3.63, 3.8) is 0 Å². The Kier molecular flexibility index (Phi) is 8.52. The summed E-state index contributed by atoms with van der Waals surface area (Å²) in [6, 6.07) is 8.86. The van der Waals surface area contributed by atoms with Crippen LogP contribution >= 0.6 is 0 Å². The zero-order valence-corrected chi connectivity index (χ0v) is 23.4. The zero-order valence-electron chi connectivity index (χ0n) is 23.4. The summed E-state index contributed by atoms with van der Waals surface area (Å²) in [6.45, 7) is 13.6. The van der Waals surface area contributed by atoms with Crippen LogP contribution in [0.1, 0.15) is 95.2 Å². The maximum atomic E-state index is 13.8. The SMILES string of the molecule is CCC1CC(C(C)n2c(C)c(C(=O)CCC3=C(C)C=C(C)CC3=O)c3ccccc32)CCN1CC(C)F. The molecule has 4 unspecified atom stereocenters. The number of carbonyl (C=O) groups is 2. The highest BCUT2D eigenvalue weighted by Crippen LogP contribution is 2.38. The van der Waals surface area contributed by atoms with Crippen LogP contribution < -0.4 is 0 Å². The van der Waals surface area contributed by atoms with Crippen LogP contribution in [0.4, 0.5) is 4.39 Å². The Morgan fingerprint density at radius 1 is 1.16 bits per heavy atom. The maximum absolute atomic E-state index is 13.8. The van der Waals surface area contributed by atoms with Gasteiger partial charge >= 0.3 is 0 Å². The van der Waals surface area contributed by atoms with Gasteiger partial charge in [0.25, 0.3) is 0 Å². The van der Waals surface area contributed by atoms with Crippen molar-refractivity contribution in [2.24, 2.45) is 5.92 Å². The minimum atomic E-state index is -0.810. The second-order valence-electron chi connectivity index (χ2n) is 11.4. The fourth-order valence-electron chi connectivity index (χ4n) is 6.82. The molecule has 1 aromatic heterocycles. The molecule has 0 spiro atoms. The van der Waals surface area contributed by atoms with Crippen LogP contribution in [0.25, 0.3) is 10.9 Å². The first kappa shape index (κ1) is 27.5. The molecule has 2 heterocycles. The van der Waals surface area contributed by atoms with Crippen molar-refractivity contribution in [3.05, 3.63) is 58.3 Å². The molecule has 1 fully saturated rings. The minimum Gasteiger partial charge on any atom is -0.341 e. The lowest BCUT2D eigenvalue weighted by Gasteiger charge is -2.42. The molecule has 0 radical (unpaired) electrons. The average molecular weight is 507 g/mol. The van der Waals surface area contributed by atoms with E-state index in [9.17, 15) is 14.0 Å². The van der Waals surface area contributed by atoms with Crippen LogP contribution in [0.2, 0.25) is 0 Å². The zero-order chi connectivity index (χ0) is 26.9. The number of rotatable bonds is 9. The molecule has 1 saturated heterocycles. The number of para-hydroxylation sites is 1. The fraction of sp³-hybridized carbons (Fsp3) is 0.562. The molecule has 200 valence electrons. The van der Waals surface area contributed by atoms with E-state index in [1.54, 1.807) is 6.92 Å². The molecule has 1 aromatic carbocycles. The molecule has 0 bridgehead atoms. The number of aromatic nitrogens is 1. The largest absolute Gasteiger partial charge is 0.341 e. The number of ketones is 2. The second-order valence-corrected chi connectivity index (χ2v) is 11.4. The Bertz CT molecular complexity index is 1230. The predicted octanol–water partition coefficient (Wildman–Crippen LogP) is 7.56. The number of carbonyl (C=O) groups excluding carboxylic acids is 2. The first-order valence-corrected chi connectivity index (χ1v) is 14.0. The Balaban J connectivity index is 1.60. The lowest BCUT2D eigenvalue weighted by Crippen LogP contribution is -2.46. The summed E-state index contributed by atoms with van der Waals surface area (Å²) in [4.78, 5) is 28.6. The third kappa shape index (κ3) is 5.67. The Morgan fingerprint density at radius 3 is 2.57 bits per heavy atom. The number of nitrogens with zero attached hydrogens (tertiary/aromatic N) is 2. The molecule has 2 aromatic rings. The van der Waals surface area contributed by atoms with Crippen molar-refractivity contribution in [3.8, 4) is 0 Å². The number of fused-ring (bicyclic) bond motifs is 1. The molecule has 37 heavy (non-hydrogen) atoms. The molecule has 1 aliphatic carbocycles. The van der Waals surface area contributed by atoms with Crippen molar-refractivity contribution < 1.29 is 14.0 Å². The molecular weight excluding hydrogens is 463 g/mol. The van der Waals surface area contributed by atoms with E-state index in [1.165, 1.54) is 0 Å². The van der Waals surface area contributed by atoms with E-state index in [0.29, 0.717) is 37.8 Å². The molecule has 4 atom stereocenters. The summed E-state index contributed by atoms with van der Waals surface area (Å²) in [5, 5.41) is 1.00. The lowest BCUT2D eigenvalue weighted by molar-refractivity contribution is -0.115. The van der Waals surface area contributed by atoms with E-state index in [1.807, 2.05) is 26.0 Å². The van der Waals surface area contributed by atoms with Crippen LogP contribution in [-0.2, 0) is 4.79 Å². The normalized spacial score (nSPS) is 22.9. The van der Waals surface area contributed by atoms with Gasteiger partial charge in [0, 0.05) is 53.6 Å². The van der Waals surface area contributed by atoms with E-state index in [2.05, 4.69) is 48.4 Å². The van der Waals surface area contributed by atoms with E-state index in [-0.39, 0.29) is 17.6 Å². The smallest absolute Gasteiger partial charge is 0.165 e. The van der Waals surface area contributed by atoms with Crippen LogP contribution in [0.5, 0.6) is 0 Å². The number of allylic oxidation sites excluding steroid dienone is 4. The van der Waals surface area contributed by atoms with Gasteiger partial charge in [-0.2, -0.15) is 0 Å². The molecule has 0 saturated carbocycles. The maximum Gasteiger partial charge on any atom is 0.165 e.